The molecule has 0 radical (unpaired) electrons. The highest BCUT2D eigenvalue weighted by molar-refractivity contribution is 7.52. The summed E-state index contributed by atoms with van der Waals surface area (Å²) < 4.78 is 25.6. The molecule has 7 nitrogen and oxygen atoms in total. The van der Waals surface area contributed by atoms with Gasteiger partial charge in [0.2, 0.25) is 0 Å². The van der Waals surface area contributed by atoms with Crippen LogP contribution in [0.25, 0.3) is 0 Å². The van der Waals surface area contributed by atoms with Crippen molar-refractivity contribution in [3.63, 3.8) is 0 Å². The van der Waals surface area contributed by atoms with Gasteiger partial charge in [-0.25, -0.2) is 4.57 Å². The summed E-state index contributed by atoms with van der Waals surface area (Å²) in [5, 5.41) is 9.69. The Morgan fingerprint density at radius 1 is 1.47 bits per heavy atom. The maximum atomic E-state index is 11.0. The van der Waals surface area contributed by atoms with Gasteiger partial charge in [-0.2, -0.15) is 0 Å². The fourth-order valence-electron chi connectivity index (χ4n) is 1.18. The molecule has 1 heterocycles. The van der Waals surface area contributed by atoms with E-state index in [4.69, 9.17) is 9.79 Å². The van der Waals surface area contributed by atoms with Gasteiger partial charge in [0.1, 0.15) is 0 Å². The van der Waals surface area contributed by atoms with Crippen molar-refractivity contribution in [1.82, 2.24) is 4.98 Å². The molecule has 94 valence electrons. The highest BCUT2D eigenvalue weighted by Crippen LogP contribution is 2.46. The molecule has 3 N–H and O–H groups in total. The van der Waals surface area contributed by atoms with Crippen LogP contribution in [0, 0.1) is 0 Å². The third-order valence-electron chi connectivity index (χ3n) is 1.99. The average molecular weight is 279 g/mol. The molecule has 1 aromatic heterocycles. The largest absolute Gasteiger partial charge is 0.387 e. The zero-order valence-electron chi connectivity index (χ0n) is 8.58. The van der Waals surface area contributed by atoms with Crippen LogP contribution < -0.4 is 0 Å². The van der Waals surface area contributed by atoms with Gasteiger partial charge in [-0.15, -0.1) is 0 Å². The molecule has 0 aliphatic carbocycles. The van der Waals surface area contributed by atoms with Crippen LogP contribution in [0.15, 0.2) is 24.4 Å². The Balaban J connectivity index is 2.74. The summed E-state index contributed by atoms with van der Waals surface area (Å²) in [6, 6.07) is 4.78. The normalized spacial score (nSPS) is 15.7. The van der Waals surface area contributed by atoms with Gasteiger partial charge in [-0.05, 0) is 12.1 Å². The molecule has 0 aliphatic heterocycles. The van der Waals surface area contributed by atoms with E-state index in [1.54, 1.807) is 12.1 Å². The van der Waals surface area contributed by atoms with Crippen LogP contribution in [0.5, 0.6) is 0 Å². The summed E-state index contributed by atoms with van der Waals surface area (Å²) in [5.41, 5.74) is 0.261. The van der Waals surface area contributed by atoms with Crippen molar-refractivity contribution >= 4 is 16.3 Å². The molecule has 17 heavy (non-hydrogen) atoms. The lowest BCUT2D eigenvalue weighted by molar-refractivity contribution is 0.116. The maximum Gasteiger partial charge on any atom is 0.355 e. The van der Waals surface area contributed by atoms with Crippen molar-refractivity contribution in [2.75, 3.05) is 0 Å². The second-order valence-corrected chi connectivity index (χ2v) is 5.34. The number of aromatic nitrogens is 1. The van der Waals surface area contributed by atoms with E-state index in [1.807, 2.05) is 0 Å². The predicted molar refractivity (Wildman–Crippen MR) is 58.3 cm³/mol. The first-order chi connectivity index (χ1) is 7.95. The van der Waals surface area contributed by atoms with Crippen LogP contribution in [0.3, 0.4) is 0 Å². The van der Waals surface area contributed by atoms with Crippen LogP contribution in [0.4, 0.5) is 0 Å². The van der Waals surface area contributed by atoms with Crippen LogP contribution >= 0.6 is 16.3 Å². The molecule has 0 amide bonds. The quantitative estimate of drug-likeness (QED) is 0.670. The molecule has 0 fully saturated rings. The van der Waals surface area contributed by atoms with Crippen LogP contribution in [-0.4, -0.2) is 25.7 Å². The van der Waals surface area contributed by atoms with Gasteiger partial charge in [-0.1, -0.05) is 6.07 Å². The second-order valence-electron chi connectivity index (χ2n) is 3.23. The Morgan fingerprint density at radius 2 is 2.18 bits per heavy atom. The molecule has 0 aromatic carbocycles. The standard InChI is InChI=1S/C8H11NO6P2/c10-7(6-3-1-2-4-9-6)5-8(15-16-11)17(12,13)14/h1-4,7-8,10H,5H2,(H2,12,13,14). The van der Waals surface area contributed by atoms with E-state index in [9.17, 15) is 14.2 Å². The van der Waals surface area contributed by atoms with E-state index >= 15 is 0 Å². The van der Waals surface area contributed by atoms with E-state index < -0.39 is 34.7 Å². The SMILES string of the molecule is O=POC(CC(O)c1ccccn1)P(=O)(O)O. The van der Waals surface area contributed by atoms with E-state index in [1.165, 1.54) is 12.3 Å². The van der Waals surface area contributed by atoms with Crippen LogP contribution in [0.2, 0.25) is 0 Å². The average Bonchev–Trinajstić information content (AvgIpc) is 2.28. The smallest absolute Gasteiger partial charge is 0.355 e. The Hall–Kier alpha value is -0.680. The first-order valence-electron chi connectivity index (χ1n) is 4.58. The zero-order valence-corrected chi connectivity index (χ0v) is 10.4. The van der Waals surface area contributed by atoms with Gasteiger partial charge in [-0.3, -0.25) is 14.1 Å². The Bertz CT molecular complexity index is 408. The van der Waals surface area contributed by atoms with Crippen molar-refractivity contribution in [1.29, 1.82) is 0 Å². The predicted octanol–water partition coefficient (Wildman–Crippen LogP) is 1.23. The van der Waals surface area contributed by atoms with Crippen LogP contribution in [0.1, 0.15) is 18.2 Å². The third kappa shape index (κ3) is 4.60. The number of aliphatic hydroxyl groups excluding tert-OH is 1. The summed E-state index contributed by atoms with van der Waals surface area (Å²) in [4.78, 5) is 21.7. The first kappa shape index (κ1) is 14.4. The van der Waals surface area contributed by atoms with Crippen molar-refractivity contribution in [3.8, 4) is 0 Å². The molecule has 1 aromatic rings. The van der Waals surface area contributed by atoms with Crippen molar-refractivity contribution < 1.29 is 28.5 Å². The number of nitrogens with zero attached hydrogens (tertiary/aromatic N) is 1. The minimum atomic E-state index is -4.58. The van der Waals surface area contributed by atoms with E-state index in [0.717, 1.165) is 0 Å². The summed E-state index contributed by atoms with van der Waals surface area (Å²) >= 11 is 0. The second kappa shape index (κ2) is 6.31. The van der Waals surface area contributed by atoms with Crippen molar-refractivity contribution in [2.45, 2.75) is 18.4 Å². The van der Waals surface area contributed by atoms with Crippen molar-refractivity contribution in [3.05, 3.63) is 30.1 Å². The highest BCUT2D eigenvalue weighted by atomic mass is 31.2. The van der Waals surface area contributed by atoms with E-state index in [-0.39, 0.29) is 5.69 Å². The summed E-state index contributed by atoms with van der Waals surface area (Å²) in [7, 11) is -5.44. The molecule has 9 heteroatoms. The molecule has 2 unspecified atom stereocenters. The molecular formula is C8H11NO6P2. The van der Waals surface area contributed by atoms with E-state index in [0.29, 0.717) is 0 Å². The lowest BCUT2D eigenvalue weighted by Gasteiger charge is -2.18. The molecule has 2 atom stereocenters. The molecule has 1 rings (SSSR count). The Labute approximate surface area is 98.9 Å². The molecule has 0 aliphatic rings. The number of pyridine rings is 1. The van der Waals surface area contributed by atoms with Gasteiger partial charge in [0.05, 0.1) is 11.8 Å². The van der Waals surface area contributed by atoms with Gasteiger partial charge in [0.15, 0.2) is 5.85 Å². The summed E-state index contributed by atoms with van der Waals surface area (Å²) in [6.07, 6.45) is -0.149. The van der Waals surface area contributed by atoms with Gasteiger partial charge in [0, 0.05) is 12.6 Å². The van der Waals surface area contributed by atoms with Gasteiger partial charge < -0.3 is 14.9 Å². The lowest BCUT2D eigenvalue weighted by atomic mass is 10.2. The molecule has 0 bridgehead atoms. The summed E-state index contributed by atoms with van der Waals surface area (Å²) in [6.45, 7) is 0. The molecule has 0 saturated heterocycles. The molecule has 0 spiro atoms. The van der Waals surface area contributed by atoms with Gasteiger partial charge in [0.25, 0.3) is 0 Å². The third-order valence-corrected chi connectivity index (χ3v) is 3.57. The highest BCUT2D eigenvalue weighted by Gasteiger charge is 2.33. The van der Waals surface area contributed by atoms with E-state index in [2.05, 4.69) is 9.51 Å². The zero-order chi connectivity index (χ0) is 12.9. The van der Waals surface area contributed by atoms with Gasteiger partial charge >= 0.3 is 16.3 Å². The number of aliphatic hydroxyl groups is 1. The maximum absolute atomic E-state index is 11.0. The van der Waals surface area contributed by atoms with Crippen molar-refractivity contribution in [2.24, 2.45) is 0 Å². The minimum Gasteiger partial charge on any atom is -0.387 e. The summed E-state index contributed by atoms with van der Waals surface area (Å²) in [5.74, 6) is -1.63. The minimum absolute atomic E-state index is 0.261. The number of hydrogen-bond donors (Lipinski definition) is 3. The number of hydrogen-bond acceptors (Lipinski definition) is 5. The number of rotatable bonds is 6. The first-order valence-corrected chi connectivity index (χ1v) is 6.99. The monoisotopic (exact) mass is 279 g/mol. The Morgan fingerprint density at radius 3 is 2.65 bits per heavy atom. The lowest BCUT2D eigenvalue weighted by Crippen LogP contribution is -2.14. The fourth-order valence-corrected chi connectivity index (χ4v) is 2.44. The Kier molecular flexibility index (Phi) is 5.33. The molecular weight excluding hydrogens is 268 g/mol. The molecule has 0 saturated carbocycles. The van der Waals surface area contributed by atoms with Crippen LogP contribution in [-0.2, 0) is 13.7 Å². The topological polar surface area (TPSA) is 117 Å². The fraction of sp³-hybridized carbons (Fsp3) is 0.375.